The monoisotopic (exact) mass is 716 g/mol. The minimum atomic E-state index is -1.09. The Kier molecular flexibility index (Phi) is 10.8. The lowest BCUT2D eigenvalue weighted by Gasteiger charge is -2.18. The highest BCUT2D eigenvalue weighted by Gasteiger charge is 2.21. The SMILES string of the molecule is CCc1c(Cl)ncc(C(=O)O)c1Nc1ccc2ccccc2c1Cl.CCc1cc(=O)n(C)c(Nc2ccc3ccccc3c2Cl)c1C(=O)O. The van der Waals surface area contributed by atoms with E-state index in [4.69, 9.17) is 34.8 Å². The minimum absolute atomic E-state index is 0.0560. The van der Waals surface area contributed by atoms with Crippen LogP contribution < -0.4 is 16.2 Å². The molecule has 250 valence electrons. The highest BCUT2D eigenvalue weighted by Crippen LogP contribution is 2.37. The summed E-state index contributed by atoms with van der Waals surface area (Å²) in [5.41, 5.74) is 2.56. The second kappa shape index (κ2) is 15.0. The Morgan fingerprint density at radius 3 is 1.84 bits per heavy atom. The number of nitrogens with zero attached hydrogens (tertiary/aromatic N) is 2. The molecule has 2 heterocycles. The Morgan fingerprint density at radius 2 is 1.33 bits per heavy atom. The third-order valence-corrected chi connectivity index (χ3v) is 9.21. The van der Waals surface area contributed by atoms with E-state index in [2.05, 4.69) is 15.6 Å². The van der Waals surface area contributed by atoms with Crippen molar-refractivity contribution in [2.45, 2.75) is 26.7 Å². The first-order valence-corrected chi connectivity index (χ1v) is 16.4. The smallest absolute Gasteiger partial charge is 0.339 e. The summed E-state index contributed by atoms with van der Waals surface area (Å²) in [5, 5.41) is 30.3. The van der Waals surface area contributed by atoms with Crippen LogP contribution in [0.15, 0.2) is 89.9 Å². The first-order chi connectivity index (χ1) is 23.5. The van der Waals surface area contributed by atoms with Crippen molar-refractivity contribution in [2.24, 2.45) is 7.05 Å². The highest BCUT2D eigenvalue weighted by molar-refractivity contribution is 6.39. The molecule has 0 saturated carbocycles. The number of carboxylic acid groups (broad SMARTS) is 2. The number of anilines is 4. The van der Waals surface area contributed by atoms with E-state index in [0.29, 0.717) is 51.1 Å². The van der Waals surface area contributed by atoms with Crippen LogP contribution in [0, 0.1) is 0 Å². The first kappa shape index (κ1) is 35.2. The molecule has 49 heavy (non-hydrogen) atoms. The molecule has 0 aliphatic heterocycles. The van der Waals surface area contributed by atoms with Crippen LogP contribution in [0.5, 0.6) is 0 Å². The van der Waals surface area contributed by atoms with Gasteiger partial charge in [0.2, 0.25) is 0 Å². The molecule has 12 heteroatoms. The predicted molar refractivity (Wildman–Crippen MR) is 198 cm³/mol. The van der Waals surface area contributed by atoms with Crippen molar-refractivity contribution in [3.05, 3.63) is 133 Å². The van der Waals surface area contributed by atoms with Gasteiger partial charge >= 0.3 is 11.9 Å². The van der Waals surface area contributed by atoms with Crippen molar-refractivity contribution in [3.8, 4) is 0 Å². The summed E-state index contributed by atoms with van der Waals surface area (Å²) in [6.07, 6.45) is 2.24. The maximum Gasteiger partial charge on any atom is 0.339 e. The number of hydrogen-bond donors (Lipinski definition) is 4. The van der Waals surface area contributed by atoms with Crippen LogP contribution in [0.4, 0.5) is 22.9 Å². The lowest BCUT2D eigenvalue weighted by atomic mass is 10.1. The Bertz CT molecular complexity index is 2310. The van der Waals surface area contributed by atoms with E-state index in [0.717, 1.165) is 21.5 Å². The van der Waals surface area contributed by atoms with Crippen molar-refractivity contribution in [1.82, 2.24) is 9.55 Å². The van der Waals surface area contributed by atoms with Crippen LogP contribution in [-0.2, 0) is 19.9 Å². The first-order valence-electron chi connectivity index (χ1n) is 15.2. The number of rotatable bonds is 8. The molecule has 0 aliphatic carbocycles. The van der Waals surface area contributed by atoms with E-state index in [1.54, 1.807) is 6.07 Å². The quantitative estimate of drug-likeness (QED) is 0.114. The summed E-state index contributed by atoms with van der Waals surface area (Å²) in [7, 11) is 1.53. The standard InChI is InChI=1S/C19H17ClN2O3.C18H14Cl2N2O2/c1-3-11-10-15(23)22(2)18(16(11)19(24)25)21-14-9-8-12-6-4-5-7-13(12)17(14)20;1-2-11-16(13(18(23)24)9-21-17(11)20)22-14-8-7-10-5-3-4-6-12(10)15(14)19/h4-10,21H,3H2,1-2H3,(H,24,25);3-9H,2H2,1H3,(H,21,22)(H,23,24). The number of fused-ring (bicyclic) bond motifs is 2. The number of aryl methyl sites for hydroxylation is 1. The summed E-state index contributed by atoms with van der Waals surface area (Å²) in [5.74, 6) is -1.95. The molecule has 0 atom stereocenters. The van der Waals surface area contributed by atoms with Crippen molar-refractivity contribution in [1.29, 1.82) is 0 Å². The summed E-state index contributed by atoms with van der Waals surface area (Å²) < 4.78 is 1.29. The van der Waals surface area contributed by atoms with Gasteiger partial charge in [0.15, 0.2) is 0 Å². The van der Waals surface area contributed by atoms with Crippen LogP contribution in [-0.4, -0.2) is 31.7 Å². The van der Waals surface area contributed by atoms with Gasteiger partial charge < -0.3 is 20.8 Å². The maximum absolute atomic E-state index is 12.2. The maximum atomic E-state index is 12.2. The molecule has 0 unspecified atom stereocenters. The van der Waals surface area contributed by atoms with Crippen molar-refractivity contribution >= 4 is 91.2 Å². The molecule has 0 spiro atoms. The number of hydrogen-bond acceptors (Lipinski definition) is 6. The van der Waals surface area contributed by atoms with Crippen LogP contribution in [0.25, 0.3) is 21.5 Å². The van der Waals surface area contributed by atoms with Crippen molar-refractivity contribution < 1.29 is 19.8 Å². The van der Waals surface area contributed by atoms with Crippen LogP contribution in [0.2, 0.25) is 15.2 Å². The molecule has 0 radical (unpaired) electrons. The fourth-order valence-corrected chi connectivity index (χ4v) is 6.33. The van der Waals surface area contributed by atoms with Crippen LogP contribution in [0.1, 0.15) is 45.7 Å². The lowest BCUT2D eigenvalue weighted by molar-refractivity contribution is 0.0685. The Labute approximate surface area is 296 Å². The number of nitrogens with one attached hydrogen (secondary N) is 2. The number of pyridine rings is 2. The number of carboxylic acids is 2. The van der Waals surface area contributed by atoms with Gasteiger partial charge in [-0.2, -0.15) is 0 Å². The number of aromatic nitrogens is 2. The third-order valence-electron chi connectivity index (χ3n) is 8.07. The molecule has 0 fully saturated rings. The summed E-state index contributed by atoms with van der Waals surface area (Å²) in [6.45, 7) is 3.70. The van der Waals surface area contributed by atoms with Crippen molar-refractivity contribution in [2.75, 3.05) is 10.6 Å². The van der Waals surface area contributed by atoms with Gasteiger partial charge in [-0.05, 0) is 41.3 Å². The van der Waals surface area contributed by atoms with Gasteiger partial charge in [0.25, 0.3) is 5.56 Å². The Balaban J connectivity index is 0.000000191. The van der Waals surface area contributed by atoms with Crippen LogP contribution >= 0.6 is 34.8 Å². The molecule has 6 aromatic rings. The largest absolute Gasteiger partial charge is 0.478 e. The van der Waals surface area contributed by atoms with E-state index < -0.39 is 11.9 Å². The van der Waals surface area contributed by atoms with E-state index in [9.17, 15) is 24.6 Å². The molecular formula is C37H31Cl3N4O5. The zero-order valence-electron chi connectivity index (χ0n) is 26.6. The van der Waals surface area contributed by atoms with Gasteiger partial charge in [-0.1, -0.05) is 109 Å². The zero-order chi connectivity index (χ0) is 35.4. The van der Waals surface area contributed by atoms with Gasteiger partial charge in [0, 0.05) is 35.6 Å². The number of benzene rings is 4. The molecule has 4 aromatic carbocycles. The fourth-order valence-electron chi connectivity index (χ4n) is 5.49. The third kappa shape index (κ3) is 7.19. The molecule has 4 N–H and O–H groups in total. The van der Waals surface area contributed by atoms with Gasteiger partial charge in [0.1, 0.15) is 22.1 Å². The van der Waals surface area contributed by atoms with E-state index >= 15 is 0 Å². The van der Waals surface area contributed by atoms with Crippen molar-refractivity contribution in [3.63, 3.8) is 0 Å². The van der Waals surface area contributed by atoms with Gasteiger partial charge in [-0.3, -0.25) is 9.36 Å². The van der Waals surface area contributed by atoms with E-state index in [1.807, 2.05) is 80.6 Å². The second-order valence-corrected chi connectivity index (χ2v) is 12.1. The van der Waals surface area contributed by atoms with Crippen LogP contribution in [0.3, 0.4) is 0 Å². The molecule has 9 nitrogen and oxygen atoms in total. The Morgan fingerprint density at radius 1 is 0.776 bits per heavy atom. The normalized spacial score (nSPS) is 10.8. The van der Waals surface area contributed by atoms with E-state index in [-0.39, 0.29) is 27.7 Å². The molecule has 6 rings (SSSR count). The molecule has 0 aliphatic rings. The summed E-state index contributed by atoms with van der Waals surface area (Å²) in [4.78, 5) is 39.4. The van der Waals surface area contributed by atoms with Gasteiger partial charge in [-0.15, -0.1) is 0 Å². The second-order valence-electron chi connectivity index (χ2n) is 11.0. The fraction of sp³-hybridized carbons (Fsp3) is 0.135. The summed E-state index contributed by atoms with van der Waals surface area (Å²) >= 11 is 19.1. The summed E-state index contributed by atoms with van der Waals surface area (Å²) in [6, 6.07) is 24.1. The number of halogens is 3. The molecule has 0 saturated heterocycles. The van der Waals surface area contributed by atoms with Gasteiger partial charge in [-0.25, -0.2) is 14.6 Å². The average molecular weight is 718 g/mol. The number of aromatic carboxylic acids is 2. The Hall–Kier alpha value is -5.09. The zero-order valence-corrected chi connectivity index (χ0v) is 28.9. The lowest BCUT2D eigenvalue weighted by Crippen LogP contribution is -2.24. The average Bonchev–Trinajstić information content (AvgIpc) is 3.09. The molecular weight excluding hydrogens is 687 g/mol. The topological polar surface area (TPSA) is 134 Å². The molecule has 2 aromatic heterocycles. The van der Waals surface area contributed by atoms with Gasteiger partial charge in [0.05, 0.1) is 27.1 Å². The van der Waals surface area contributed by atoms with E-state index in [1.165, 1.54) is 23.9 Å². The molecule has 0 amide bonds. The highest BCUT2D eigenvalue weighted by atomic mass is 35.5. The molecule has 0 bridgehead atoms. The minimum Gasteiger partial charge on any atom is -0.478 e. The predicted octanol–water partition coefficient (Wildman–Crippen LogP) is 9.74. The number of carbonyl (C=O) groups is 2.